The van der Waals surface area contributed by atoms with E-state index in [1.807, 2.05) is 0 Å². The lowest BCUT2D eigenvalue weighted by Crippen LogP contribution is -2.49. The Balaban J connectivity index is 1.16. The highest BCUT2D eigenvalue weighted by molar-refractivity contribution is 7.04. The second-order valence-corrected chi connectivity index (χ2v) is 17.7. The van der Waals surface area contributed by atoms with Gasteiger partial charge >= 0.3 is 0 Å². The molecule has 0 aliphatic carbocycles. The zero-order valence-electron chi connectivity index (χ0n) is 27.6. The van der Waals surface area contributed by atoms with Crippen LogP contribution in [0.3, 0.4) is 0 Å². The summed E-state index contributed by atoms with van der Waals surface area (Å²) < 4.78 is 0. The van der Waals surface area contributed by atoms with Crippen molar-refractivity contribution in [3.8, 4) is 67.2 Å². The van der Waals surface area contributed by atoms with Gasteiger partial charge in [0.05, 0.1) is 11.2 Å². The van der Waals surface area contributed by atoms with Gasteiger partial charge in [-0.25, -0.2) is 9.97 Å². The number of hydrogen-bond acceptors (Lipinski definition) is 2. The predicted molar refractivity (Wildman–Crippen MR) is 209 cm³/mol. The summed E-state index contributed by atoms with van der Waals surface area (Å²) in [5.41, 5.74) is 13.9. The highest BCUT2D eigenvalue weighted by atomic mass is 28.3. The van der Waals surface area contributed by atoms with Gasteiger partial charge in [0.1, 0.15) is 8.07 Å². The largest absolute Gasteiger partial charge is 0.227 e. The first-order valence-corrected chi connectivity index (χ1v) is 19.9. The van der Waals surface area contributed by atoms with E-state index in [9.17, 15) is 0 Å². The number of benzene rings is 7. The second kappa shape index (κ2) is 11.7. The summed E-state index contributed by atoms with van der Waals surface area (Å²) in [7, 11) is -1.86. The number of aromatic nitrogens is 2. The van der Waals surface area contributed by atoms with Gasteiger partial charge in [0.2, 0.25) is 0 Å². The van der Waals surface area contributed by atoms with E-state index in [0.717, 1.165) is 44.7 Å². The van der Waals surface area contributed by atoms with Crippen LogP contribution in [0.4, 0.5) is 0 Å². The van der Waals surface area contributed by atoms with Crippen LogP contribution in [0.15, 0.2) is 170 Å². The van der Waals surface area contributed by atoms with Gasteiger partial charge in [-0.05, 0) is 61.5 Å². The van der Waals surface area contributed by atoms with Gasteiger partial charge in [0, 0.05) is 22.1 Å². The molecule has 0 atom stereocenters. The lowest BCUT2D eigenvalue weighted by atomic mass is 9.96. The van der Waals surface area contributed by atoms with Gasteiger partial charge in [-0.2, -0.15) is 0 Å². The third kappa shape index (κ3) is 5.02. The molecule has 0 amide bonds. The fourth-order valence-electron chi connectivity index (χ4n) is 7.53. The third-order valence-electron chi connectivity index (χ3n) is 10.1. The van der Waals surface area contributed by atoms with Crippen molar-refractivity contribution < 1.29 is 0 Å². The van der Waals surface area contributed by atoms with Crippen LogP contribution in [-0.4, -0.2) is 18.0 Å². The maximum Gasteiger partial charge on any atom is 0.160 e. The van der Waals surface area contributed by atoms with Crippen LogP contribution in [0, 0.1) is 0 Å². The molecule has 49 heavy (non-hydrogen) atoms. The van der Waals surface area contributed by atoms with Crippen molar-refractivity contribution >= 4 is 29.4 Å². The Hall–Kier alpha value is -5.90. The van der Waals surface area contributed by atoms with Crippen LogP contribution in [0.5, 0.6) is 0 Å². The van der Waals surface area contributed by atoms with Crippen LogP contribution in [0.25, 0.3) is 78.1 Å². The van der Waals surface area contributed by atoms with Crippen LogP contribution in [0.1, 0.15) is 0 Å². The summed E-state index contributed by atoms with van der Waals surface area (Å²) in [6.07, 6.45) is 0. The Morgan fingerprint density at radius 3 is 1.59 bits per heavy atom. The van der Waals surface area contributed by atoms with Crippen LogP contribution >= 0.6 is 0 Å². The van der Waals surface area contributed by atoms with Crippen molar-refractivity contribution in [3.63, 3.8) is 0 Å². The molecule has 0 bridgehead atoms. The fourth-order valence-corrected chi connectivity index (χ4v) is 10.6. The molecule has 0 unspecified atom stereocenters. The van der Waals surface area contributed by atoms with E-state index >= 15 is 0 Å². The Bertz CT molecular complexity index is 2500. The summed E-state index contributed by atoms with van der Waals surface area (Å²) in [4.78, 5) is 10.7. The lowest BCUT2D eigenvalue weighted by molar-refractivity contribution is 1.23. The Morgan fingerprint density at radius 2 is 0.898 bits per heavy atom. The maximum absolute atomic E-state index is 5.41. The molecule has 0 saturated heterocycles. The molecular formula is C46H34N2Si. The molecule has 3 heteroatoms. The van der Waals surface area contributed by atoms with Crippen molar-refractivity contribution in [2.45, 2.75) is 13.1 Å². The maximum atomic E-state index is 5.41. The molecule has 232 valence electrons. The highest BCUT2D eigenvalue weighted by Gasteiger charge is 2.38. The minimum Gasteiger partial charge on any atom is -0.227 e. The van der Waals surface area contributed by atoms with Crippen molar-refractivity contribution in [1.29, 1.82) is 0 Å². The molecular weight excluding hydrogens is 609 g/mol. The van der Waals surface area contributed by atoms with E-state index < -0.39 is 8.07 Å². The first-order chi connectivity index (χ1) is 24.0. The molecule has 1 aliphatic rings. The van der Waals surface area contributed by atoms with Crippen molar-refractivity contribution in [3.05, 3.63) is 170 Å². The van der Waals surface area contributed by atoms with E-state index in [1.165, 1.54) is 43.8 Å². The average molecular weight is 643 g/mol. The number of rotatable bonds is 5. The summed E-state index contributed by atoms with van der Waals surface area (Å²) in [6.45, 7) is 4.91. The molecule has 2 nitrogen and oxygen atoms in total. The summed E-state index contributed by atoms with van der Waals surface area (Å²) in [6, 6.07) is 61.0. The Morgan fingerprint density at radius 1 is 0.388 bits per heavy atom. The molecule has 0 fully saturated rings. The monoisotopic (exact) mass is 642 g/mol. The number of nitrogens with zero attached hydrogens (tertiary/aromatic N) is 2. The topological polar surface area (TPSA) is 25.8 Å². The molecule has 2 heterocycles. The molecule has 0 N–H and O–H groups in total. The third-order valence-corrected chi connectivity index (χ3v) is 13.6. The molecule has 1 aliphatic heterocycles. The van der Waals surface area contributed by atoms with E-state index in [0.29, 0.717) is 0 Å². The van der Waals surface area contributed by atoms with Crippen LogP contribution in [0.2, 0.25) is 13.1 Å². The molecule has 7 aromatic carbocycles. The first kappa shape index (κ1) is 29.3. The molecule has 0 saturated carbocycles. The Labute approximate surface area is 288 Å². The van der Waals surface area contributed by atoms with Crippen LogP contribution in [-0.2, 0) is 0 Å². The van der Waals surface area contributed by atoms with Gasteiger partial charge in [-0.3, -0.25) is 0 Å². The second-order valence-electron chi connectivity index (χ2n) is 13.4. The Kier molecular flexibility index (Phi) is 6.96. The van der Waals surface area contributed by atoms with E-state index in [4.69, 9.17) is 9.97 Å². The SMILES string of the molecule is C[Si]1(C)c2ccccc2-c2c1ccc1c(-c3ccccc3)nc(-c3cccc(-c4cccc(-c5ccc(-c6ccccc6)cc5)c4)c3)nc21. The summed E-state index contributed by atoms with van der Waals surface area (Å²) >= 11 is 0. The first-order valence-electron chi connectivity index (χ1n) is 16.9. The quantitative estimate of drug-likeness (QED) is 0.175. The lowest BCUT2D eigenvalue weighted by Gasteiger charge is -2.19. The fraction of sp³-hybridized carbons (Fsp3) is 0.0435. The molecule has 9 rings (SSSR count). The molecule has 1 aromatic heterocycles. The smallest absolute Gasteiger partial charge is 0.160 e. The van der Waals surface area contributed by atoms with E-state index in [-0.39, 0.29) is 0 Å². The van der Waals surface area contributed by atoms with Crippen molar-refractivity contribution in [1.82, 2.24) is 9.97 Å². The van der Waals surface area contributed by atoms with E-state index in [1.54, 1.807) is 0 Å². The summed E-state index contributed by atoms with van der Waals surface area (Å²) in [5.74, 6) is 0.748. The van der Waals surface area contributed by atoms with Gasteiger partial charge < -0.3 is 0 Å². The number of fused-ring (bicyclic) bond motifs is 5. The average Bonchev–Trinajstić information content (AvgIpc) is 3.41. The van der Waals surface area contributed by atoms with Gasteiger partial charge in [0.15, 0.2) is 5.82 Å². The van der Waals surface area contributed by atoms with Crippen LogP contribution < -0.4 is 10.4 Å². The molecule has 8 aromatic rings. The van der Waals surface area contributed by atoms with Crippen molar-refractivity contribution in [2.24, 2.45) is 0 Å². The van der Waals surface area contributed by atoms with Gasteiger partial charge in [-0.1, -0.05) is 171 Å². The normalized spacial score (nSPS) is 12.9. The minimum absolute atomic E-state index is 0.748. The predicted octanol–water partition coefficient (Wildman–Crippen LogP) is 10.8. The number of hydrogen-bond donors (Lipinski definition) is 0. The van der Waals surface area contributed by atoms with E-state index in [2.05, 4.69) is 183 Å². The van der Waals surface area contributed by atoms with Crippen molar-refractivity contribution in [2.75, 3.05) is 0 Å². The molecule has 0 spiro atoms. The summed E-state index contributed by atoms with van der Waals surface area (Å²) in [5, 5.41) is 4.03. The molecule has 0 radical (unpaired) electrons. The zero-order valence-corrected chi connectivity index (χ0v) is 28.6. The minimum atomic E-state index is -1.86. The standard InChI is InChI=1S/C46H34N2Si/c1-49(2)41-22-10-9-21-39(41)43-42(49)28-27-40-44(34-15-7-4-8-16-34)47-46(48-45(40)43)38-20-12-19-37(30-38)36-18-11-17-35(29-36)33-25-23-32(24-26-33)31-13-5-3-6-14-31/h3-30H,1-2H3. The zero-order chi connectivity index (χ0) is 33.0. The van der Waals surface area contributed by atoms with Gasteiger partial charge in [-0.15, -0.1) is 0 Å². The van der Waals surface area contributed by atoms with Gasteiger partial charge in [0.25, 0.3) is 0 Å². The highest BCUT2D eigenvalue weighted by Crippen LogP contribution is 2.38.